The molecule has 1 N–H and O–H groups in total. The lowest BCUT2D eigenvalue weighted by molar-refractivity contribution is 0.0626. The van der Waals surface area contributed by atoms with E-state index in [1.165, 1.54) is 0 Å². The van der Waals surface area contributed by atoms with Gasteiger partial charge in [0.05, 0.1) is 12.7 Å². The van der Waals surface area contributed by atoms with Crippen LogP contribution in [0.15, 0.2) is 24.3 Å². The van der Waals surface area contributed by atoms with Gasteiger partial charge in [-0.05, 0) is 29.5 Å². The van der Waals surface area contributed by atoms with Crippen LogP contribution in [-0.2, 0) is 0 Å². The van der Waals surface area contributed by atoms with Crippen LogP contribution in [0.4, 0.5) is 0 Å². The van der Waals surface area contributed by atoms with E-state index in [0.717, 1.165) is 24.3 Å². The van der Waals surface area contributed by atoms with E-state index in [9.17, 15) is 5.11 Å². The molecule has 0 saturated carbocycles. The van der Waals surface area contributed by atoms with E-state index >= 15 is 0 Å². The van der Waals surface area contributed by atoms with E-state index in [1.807, 2.05) is 45.0 Å². The van der Waals surface area contributed by atoms with E-state index in [2.05, 4.69) is 6.92 Å². The van der Waals surface area contributed by atoms with Gasteiger partial charge in [0.1, 0.15) is 5.75 Å². The number of rotatable bonds is 4. The first-order chi connectivity index (χ1) is 7.45. The Morgan fingerprint density at radius 2 is 1.75 bits per heavy atom. The third-order valence-electron chi connectivity index (χ3n) is 2.49. The summed E-state index contributed by atoms with van der Waals surface area (Å²) < 4.78 is 5.49. The van der Waals surface area contributed by atoms with Crippen molar-refractivity contribution in [3.8, 4) is 5.75 Å². The number of aliphatic hydroxyl groups is 1. The number of ether oxygens (including phenoxy) is 1. The molecule has 0 aliphatic carbocycles. The van der Waals surface area contributed by atoms with Crippen molar-refractivity contribution in [3.05, 3.63) is 29.8 Å². The van der Waals surface area contributed by atoms with Crippen molar-refractivity contribution < 1.29 is 9.84 Å². The van der Waals surface area contributed by atoms with Crippen LogP contribution >= 0.6 is 0 Å². The van der Waals surface area contributed by atoms with Crippen LogP contribution in [0, 0.1) is 5.41 Å². The summed E-state index contributed by atoms with van der Waals surface area (Å²) in [7, 11) is 0. The van der Waals surface area contributed by atoms with Gasteiger partial charge >= 0.3 is 0 Å². The molecule has 0 amide bonds. The first-order valence-corrected chi connectivity index (χ1v) is 5.86. The molecule has 0 heterocycles. The third kappa shape index (κ3) is 3.53. The van der Waals surface area contributed by atoms with Crippen molar-refractivity contribution in [3.63, 3.8) is 0 Å². The molecule has 16 heavy (non-hydrogen) atoms. The molecule has 2 nitrogen and oxygen atoms in total. The number of hydrogen-bond acceptors (Lipinski definition) is 2. The van der Waals surface area contributed by atoms with Gasteiger partial charge in [0.15, 0.2) is 0 Å². The summed E-state index contributed by atoms with van der Waals surface area (Å²) in [5, 5.41) is 10.1. The minimum absolute atomic E-state index is 0.133. The largest absolute Gasteiger partial charge is 0.494 e. The Balaban J connectivity index is 2.71. The van der Waals surface area contributed by atoms with Crippen LogP contribution < -0.4 is 4.74 Å². The monoisotopic (exact) mass is 222 g/mol. The van der Waals surface area contributed by atoms with Gasteiger partial charge in [0.2, 0.25) is 0 Å². The van der Waals surface area contributed by atoms with Crippen LogP contribution in [-0.4, -0.2) is 11.7 Å². The maximum atomic E-state index is 10.1. The topological polar surface area (TPSA) is 29.5 Å². The molecule has 90 valence electrons. The molecule has 2 heteroatoms. The molecule has 0 radical (unpaired) electrons. The lowest BCUT2D eigenvalue weighted by atomic mass is 9.85. The molecule has 1 aromatic rings. The molecule has 1 rings (SSSR count). The first kappa shape index (κ1) is 13.0. The highest BCUT2D eigenvalue weighted by molar-refractivity contribution is 5.29. The average molecular weight is 222 g/mol. The van der Waals surface area contributed by atoms with Gasteiger partial charge in [-0.3, -0.25) is 0 Å². The zero-order chi connectivity index (χ0) is 12.2. The van der Waals surface area contributed by atoms with Gasteiger partial charge in [0, 0.05) is 0 Å². The summed E-state index contributed by atoms with van der Waals surface area (Å²) in [6, 6.07) is 7.70. The summed E-state index contributed by atoms with van der Waals surface area (Å²) in [6.45, 7) is 8.90. The van der Waals surface area contributed by atoms with E-state index < -0.39 is 6.10 Å². The Morgan fingerprint density at radius 1 is 1.19 bits per heavy atom. The van der Waals surface area contributed by atoms with Crippen LogP contribution in [0.2, 0.25) is 0 Å². The Morgan fingerprint density at radius 3 is 2.19 bits per heavy atom. The Kier molecular flexibility index (Phi) is 4.36. The van der Waals surface area contributed by atoms with Crippen molar-refractivity contribution in [2.45, 2.75) is 40.2 Å². The smallest absolute Gasteiger partial charge is 0.119 e. The van der Waals surface area contributed by atoms with Crippen LogP contribution in [0.3, 0.4) is 0 Å². The molecule has 0 aliphatic rings. The van der Waals surface area contributed by atoms with Crippen molar-refractivity contribution in [2.75, 3.05) is 6.61 Å². The second kappa shape index (κ2) is 5.35. The SMILES string of the molecule is CCCOc1ccc(C(O)C(C)(C)C)cc1. The molecular formula is C14H22O2. The fraction of sp³-hybridized carbons (Fsp3) is 0.571. The maximum absolute atomic E-state index is 10.1. The molecule has 0 aromatic heterocycles. The quantitative estimate of drug-likeness (QED) is 0.844. The summed E-state index contributed by atoms with van der Waals surface area (Å²) in [4.78, 5) is 0. The lowest BCUT2D eigenvalue weighted by Crippen LogP contribution is -2.17. The summed E-state index contributed by atoms with van der Waals surface area (Å²) >= 11 is 0. The molecule has 0 bridgehead atoms. The zero-order valence-electron chi connectivity index (χ0n) is 10.7. The predicted molar refractivity (Wildman–Crippen MR) is 66.6 cm³/mol. The molecule has 0 fully saturated rings. The Labute approximate surface area is 98.3 Å². The van der Waals surface area contributed by atoms with Gasteiger partial charge in [-0.25, -0.2) is 0 Å². The summed E-state index contributed by atoms with van der Waals surface area (Å²) in [5.74, 6) is 0.867. The van der Waals surface area contributed by atoms with Gasteiger partial charge in [0.25, 0.3) is 0 Å². The third-order valence-corrected chi connectivity index (χ3v) is 2.49. The van der Waals surface area contributed by atoms with Gasteiger partial charge in [-0.1, -0.05) is 39.8 Å². The number of hydrogen-bond donors (Lipinski definition) is 1. The van der Waals surface area contributed by atoms with Gasteiger partial charge in [-0.2, -0.15) is 0 Å². The second-order valence-corrected chi connectivity index (χ2v) is 5.19. The molecular weight excluding hydrogens is 200 g/mol. The van der Waals surface area contributed by atoms with Gasteiger partial charge < -0.3 is 9.84 Å². The molecule has 0 spiro atoms. The normalized spacial score (nSPS) is 13.6. The van der Waals surface area contributed by atoms with E-state index in [-0.39, 0.29) is 5.41 Å². The minimum atomic E-state index is -0.437. The van der Waals surface area contributed by atoms with Crippen LogP contribution in [0.5, 0.6) is 5.75 Å². The summed E-state index contributed by atoms with van der Waals surface area (Å²) in [5.41, 5.74) is 0.808. The lowest BCUT2D eigenvalue weighted by Gasteiger charge is -2.26. The number of aliphatic hydroxyl groups excluding tert-OH is 1. The van der Waals surface area contributed by atoms with Crippen molar-refractivity contribution in [1.29, 1.82) is 0 Å². The van der Waals surface area contributed by atoms with Crippen LogP contribution in [0.25, 0.3) is 0 Å². The van der Waals surface area contributed by atoms with Crippen molar-refractivity contribution in [1.82, 2.24) is 0 Å². The van der Waals surface area contributed by atoms with Crippen LogP contribution in [0.1, 0.15) is 45.8 Å². The number of benzene rings is 1. The van der Waals surface area contributed by atoms with Crippen molar-refractivity contribution >= 4 is 0 Å². The molecule has 1 atom stereocenters. The Bertz CT molecular complexity index is 309. The standard InChI is InChI=1S/C14H22O2/c1-5-10-16-12-8-6-11(7-9-12)13(15)14(2,3)4/h6-9,13,15H,5,10H2,1-4H3. The highest BCUT2D eigenvalue weighted by Crippen LogP contribution is 2.32. The van der Waals surface area contributed by atoms with Gasteiger partial charge in [-0.15, -0.1) is 0 Å². The zero-order valence-corrected chi connectivity index (χ0v) is 10.7. The second-order valence-electron chi connectivity index (χ2n) is 5.19. The summed E-state index contributed by atoms with van der Waals surface area (Å²) in [6.07, 6.45) is 0.569. The first-order valence-electron chi connectivity index (χ1n) is 5.86. The van der Waals surface area contributed by atoms with E-state index in [1.54, 1.807) is 0 Å². The molecule has 1 unspecified atom stereocenters. The highest BCUT2D eigenvalue weighted by atomic mass is 16.5. The molecule has 0 aliphatic heterocycles. The predicted octanol–water partition coefficient (Wildman–Crippen LogP) is 3.55. The fourth-order valence-corrected chi connectivity index (χ4v) is 1.47. The molecule has 0 saturated heterocycles. The maximum Gasteiger partial charge on any atom is 0.119 e. The average Bonchev–Trinajstić information content (AvgIpc) is 2.25. The fourth-order valence-electron chi connectivity index (χ4n) is 1.47. The minimum Gasteiger partial charge on any atom is -0.494 e. The molecule has 1 aromatic carbocycles. The van der Waals surface area contributed by atoms with E-state index in [4.69, 9.17) is 4.74 Å². The van der Waals surface area contributed by atoms with E-state index in [0.29, 0.717) is 0 Å². The van der Waals surface area contributed by atoms with Crippen molar-refractivity contribution in [2.24, 2.45) is 5.41 Å². The highest BCUT2D eigenvalue weighted by Gasteiger charge is 2.23. The Hall–Kier alpha value is -1.02.